The van der Waals surface area contributed by atoms with E-state index in [0.29, 0.717) is 17.7 Å². The zero-order valence-corrected chi connectivity index (χ0v) is 12.4. The molecule has 0 bridgehead atoms. The SMILES string of the molecule is O=NCc1cccc(-c2cnc(OCC3CCCO3)nc2)c1F. The van der Waals surface area contributed by atoms with Gasteiger partial charge >= 0.3 is 6.01 Å². The van der Waals surface area contributed by atoms with Crippen molar-refractivity contribution >= 4 is 0 Å². The average molecular weight is 317 g/mol. The van der Waals surface area contributed by atoms with Gasteiger partial charge in [-0.25, -0.2) is 14.4 Å². The number of ether oxygens (including phenoxy) is 2. The summed E-state index contributed by atoms with van der Waals surface area (Å²) in [5, 5.41) is 2.72. The molecule has 3 rings (SSSR count). The van der Waals surface area contributed by atoms with E-state index in [1.807, 2.05) is 0 Å². The van der Waals surface area contributed by atoms with E-state index >= 15 is 0 Å². The summed E-state index contributed by atoms with van der Waals surface area (Å²) >= 11 is 0. The van der Waals surface area contributed by atoms with Crippen molar-refractivity contribution in [3.63, 3.8) is 0 Å². The molecule has 2 aromatic rings. The molecule has 0 N–H and O–H groups in total. The molecular weight excluding hydrogens is 301 g/mol. The fourth-order valence-corrected chi connectivity index (χ4v) is 2.47. The molecule has 1 aliphatic rings. The zero-order chi connectivity index (χ0) is 16.1. The minimum atomic E-state index is -0.483. The monoisotopic (exact) mass is 317 g/mol. The smallest absolute Gasteiger partial charge is 0.316 e. The number of halogens is 1. The van der Waals surface area contributed by atoms with E-state index in [1.54, 1.807) is 12.1 Å². The van der Waals surface area contributed by atoms with Gasteiger partial charge in [0, 0.05) is 35.7 Å². The van der Waals surface area contributed by atoms with E-state index in [9.17, 15) is 9.30 Å². The first-order valence-electron chi connectivity index (χ1n) is 7.41. The van der Waals surface area contributed by atoms with E-state index in [1.165, 1.54) is 18.5 Å². The minimum absolute atomic E-state index is 0.0863. The second kappa shape index (κ2) is 7.23. The second-order valence-electron chi connectivity index (χ2n) is 5.27. The van der Waals surface area contributed by atoms with Crippen molar-refractivity contribution in [1.82, 2.24) is 9.97 Å². The van der Waals surface area contributed by atoms with E-state index in [2.05, 4.69) is 15.1 Å². The molecule has 1 unspecified atom stereocenters. The second-order valence-corrected chi connectivity index (χ2v) is 5.27. The first-order valence-corrected chi connectivity index (χ1v) is 7.41. The number of benzene rings is 1. The fourth-order valence-electron chi connectivity index (χ4n) is 2.47. The molecule has 2 heterocycles. The van der Waals surface area contributed by atoms with Gasteiger partial charge < -0.3 is 9.47 Å². The van der Waals surface area contributed by atoms with Crippen LogP contribution in [0.3, 0.4) is 0 Å². The predicted octanol–water partition coefficient (Wildman–Crippen LogP) is 3.11. The maximum Gasteiger partial charge on any atom is 0.316 e. The van der Waals surface area contributed by atoms with Gasteiger partial charge in [-0.3, -0.25) is 0 Å². The molecule has 0 aliphatic carbocycles. The Bertz CT molecular complexity index is 673. The van der Waals surface area contributed by atoms with Gasteiger partial charge in [0.1, 0.15) is 19.0 Å². The van der Waals surface area contributed by atoms with Gasteiger partial charge in [0.15, 0.2) is 0 Å². The summed E-state index contributed by atoms with van der Waals surface area (Å²) in [6.07, 6.45) is 5.09. The molecule has 1 aromatic carbocycles. The maximum atomic E-state index is 14.3. The molecule has 0 amide bonds. The van der Waals surface area contributed by atoms with Crippen molar-refractivity contribution in [1.29, 1.82) is 0 Å². The third-order valence-corrected chi connectivity index (χ3v) is 3.68. The van der Waals surface area contributed by atoms with Crippen LogP contribution in [0.2, 0.25) is 0 Å². The highest BCUT2D eigenvalue weighted by molar-refractivity contribution is 5.63. The summed E-state index contributed by atoms with van der Waals surface area (Å²) in [5.41, 5.74) is 1.09. The topological polar surface area (TPSA) is 73.7 Å². The summed E-state index contributed by atoms with van der Waals surface area (Å²) in [6.45, 7) is 0.969. The van der Waals surface area contributed by atoms with Gasteiger partial charge in [0.05, 0.1) is 6.10 Å². The third-order valence-electron chi connectivity index (χ3n) is 3.68. The standard InChI is InChI=1S/C16H16FN3O3/c17-15-11(9-20-21)3-1-5-14(15)12-7-18-16(19-8-12)23-10-13-4-2-6-22-13/h1,3,5,7-8,13H,2,4,6,9-10H2. The van der Waals surface area contributed by atoms with Crippen molar-refractivity contribution in [3.8, 4) is 17.1 Å². The fraction of sp³-hybridized carbons (Fsp3) is 0.375. The largest absolute Gasteiger partial charge is 0.461 e. The summed E-state index contributed by atoms with van der Waals surface area (Å²) < 4.78 is 25.2. The van der Waals surface area contributed by atoms with Crippen LogP contribution in [0, 0.1) is 10.7 Å². The van der Waals surface area contributed by atoms with Gasteiger partial charge in [0.2, 0.25) is 0 Å². The van der Waals surface area contributed by atoms with Crippen LogP contribution in [-0.2, 0) is 11.3 Å². The van der Waals surface area contributed by atoms with Crippen LogP contribution in [0.15, 0.2) is 35.8 Å². The molecule has 23 heavy (non-hydrogen) atoms. The lowest BCUT2D eigenvalue weighted by Crippen LogP contribution is -2.17. The van der Waals surface area contributed by atoms with Crippen molar-refractivity contribution in [2.75, 3.05) is 13.2 Å². The number of hydrogen-bond acceptors (Lipinski definition) is 6. The molecule has 0 radical (unpaired) electrons. The first-order chi connectivity index (χ1) is 11.3. The summed E-state index contributed by atoms with van der Waals surface area (Å²) in [6, 6.07) is 5.03. The van der Waals surface area contributed by atoms with Crippen molar-refractivity contribution < 1.29 is 13.9 Å². The van der Waals surface area contributed by atoms with Crippen LogP contribution in [0.5, 0.6) is 6.01 Å². The zero-order valence-electron chi connectivity index (χ0n) is 12.4. The lowest BCUT2D eigenvalue weighted by atomic mass is 10.0. The molecule has 1 saturated heterocycles. The van der Waals surface area contributed by atoms with Crippen molar-refractivity contribution in [2.24, 2.45) is 5.18 Å². The van der Waals surface area contributed by atoms with Gasteiger partial charge in [-0.1, -0.05) is 23.4 Å². The maximum absolute atomic E-state index is 14.3. The van der Waals surface area contributed by atoms with Crippen LogP contribution < -0.4 is 4.74 Å². The van der Waals surface area contributed by atoms with Crippen LogP contribution in [0.25, 0.3) is 11.1 Å². The Morgan fingerprint density at radius 3 is 2.87 bits per heavy atom. The molecule has 1 aromatic heterocycles. The van der Waals surface area contributed by atoms with Crippen molar-refractivity contribution in [2.45, 2.75) is 25.5 Å². The van der Waals surface area contributed by atoms with E-state index in [-0.39, 0.29) is 24.2 Å². The van der Waals surface area contributed by atoms with Crippen LogP contribution in [0.1, 0.15) is 18.4 Å². The highest BCUT2D eigenvalue weighted by Crippen LogP contribution is 2.25. The van der Waals surface area contributed by atoms with Crippen molar-refractivity contribution in [3.05, 3.63) is 46.9 Å². The van der Waals surface area contributed by atoms with E-state index in [4.69, 9.17) is 9.47 Å². The molecule has 1 fully saturated rings. The summed E-state index contributed by atoms with van der Waals surface area (Å²) in [4.78, 5) is 18.5. The van der Waals surface area contributed by atoms with Crippen LogP contribution in [0.4, 0.5) is 4.39 Å². The molecule has 7 heteroatoms. The van der Waals surface area contributed by atoms with Crippen LogP contribution in [-0.4, -0.2) is 29.3 Å². The Morgan fingerprint density at radius 1 is 1.35 bits per heavy atom. The average Bonchev–Trinajstić information content (AvgIpc) is 3.09. The molecule has 0 saturated carbocycles. The molecule has 1 aliphatic heterocycles. The molecule has 1 atom stereocenters. The third kappa shape index (κ3) is 3.68. The van der Waals surface area contributed by atoms with Gasteiger partial charge in [-0.05, 0) is 12.8 Å². The Balaban J connectivity index is 1.71. The molecule has 6 nitrogen and oxygen atoms in total. The van der Waals surface area contributed by atoms with Gasteiger partial charge in [-0.2, -0.15) is 4.91 Å². The van der Waals surface area contributed by atoms with E-state index in [0.717, 1.165) is 19.4 Å². The normalized spacial score (nSPS) is 17.2. The first kappa shape index (κ1) is 15.5. The number of nitrogens with zero attached hydrogens (tertiary/aromatic N) is 3. The summed E-state index contributed by atoms with van der Waals surface area (Å²) in [7, 11) is 0. The minimum Gasteiger partial charge on any atom is -0.461 e. The van der Waals surface area contributed by atoms with Gasteiger partial charge in [-0.15, -0.1) is 0 Å². The Hall–Kier alpha value is -2.41. The predicted molar refractivity (Wildman–Crippen MR) is 81.4 cm³/mol. The Kier molecular flexibility index (Phi) is 4.87. The molecule has 120 valence electrons. The number of rotatable bonds is 6. The lowest BCUT2D eigenvalue weighted by Gasteiger charge is -2.10. The van der Waals surface area contributed by atoms with E-state index < -0.39 is 5.82 Å². The Morgan fingerprint density at radius 2 is 2.17 bits per heavy atom. The molecular formula is C16H16FN3O3. The number of nitroso groups, excluding NO2 is 1. The highest BCUT2D eigenvalue weighted by atomic mass is 19.1. The highest BCUT2D eigenvalue weighted by Gasteiger charge is 2.17. The van der Waals surface area contributed by atoms with Crippen LogP contribution >= 0.6 is 0 Å². The summed E-state index contributed by atoms with van der Waals surface area (Å²) in [5.74, 6) is -0.483. The number of aromatic nitrogens is 2. The number of hydrogen-bond donors (Lipinski definition) is 0. The molecule has 0 spiro atoms. The lowest BCUT2D eigenvalue weighted by molar-refractivity contribution is 0.0645. The van der Waals surface area contributed by atoms with Gasteiger partial charge in [0.25, 0.3) is 0 Å². The quantitative estimate of drug-likeness (QED) is 0.765. The Labute approximate surface area is 132 Å².